The van der Waals surface area contributed by atoms with Crippen molar-refractivity contribution in [1.82, 2.24) is 10.3 Å². The molecule has 0 spiro atoms. The Balaban J connectivity index is 1.98. The highest BCUT2D eigenvalue weighted by atomic mass is 19.4. The van der Waals surface area contributed by atoms with E-state index in [2.05, 4.69) is 10.3 Å². The van der Waals surface area contributed by atoms with Gasteiger partial charge in [-0.05, 0) is 17.7 Å². The Morgan fingerprint density at radius 2 is 1.81 bits per heavy atom. The molecule has 0 radical (unpaired) electrons. The topological polar surface area (TPSA) is 88.5 Å². The van der Waals surface area contributed by atoms with E-state index in [0.29, 0.717) is 5.56 Å². The lowest BCUT2D eigenvalue weighted by molar-refractivity contribution is -0.141. The number of hydrogen-bond donors (Lipinski definition) is 2. The van der Waals surface area contributed by atoms with E-state index in [0.717, 1.165) is 12.1 Å². The van der Waals surface area contributed by atoms with Crippen molar-refractivity contribution < 1.29 is 32.6 Å². The molecule has 2 rings (SSSR count). The molecule has 6 nitrogen and oxygen atoms in total. The van der Waals surface area contributed by atoms with E-state index in [-0.39, 0.29) is 12.3 Å². The molecule has 0 bridgehead atoms. The number of carbonyl (C=O) groups is 2. The largest absolute Gasteiger partial charge is 0.480 e. The highest BCUT2D eigenvalue weighted by Crippen LogP contribution is 2.27. The Morgan fingerprint density at radius 3 is 2.42 bits per heavy atom. The van der Waals surface area contributed by atoms with Crippen molar-refractivity contribution >= 4 is 12.1 Å². The molecule has 1 aromatic carbocycles. The van der Waals surface area contributed by atoms with Crippen molar-refractivity contribution in [1.29, 1.82) is 0 Å². The molecular weight excluding hydrogens is 353 g/mol. The number of rotatable bonds is 6. The summed E-state index contributed by atoms with van der Waals surface area (Å²) >= 11 is 0. The number of carboxylic acid groups (broad SMARTS) is 1. The maximum absolute atomic E-state index is 12.7. The molecule has 1 heterocycles. The number of alkyl halides is 3. The number of aliphatic carboxylic acids is 1. The van der Waals surface area contributed by atoms with Crippen LogP contribution in [-0.4, -0.2) is 28.2 Å². The maximum atomic E-state index is 12.7. The fraction of sp³-hybridized carbons (Fsp3) is 0.235. The molecule has 0 saturated heterocycles. The predicted octanol–water partition coefficient (Wildman–Crippen LogP) is 3.02. The van der Waals surface area contributed by atoms with Gasteiger partial charge in [0.2, 0.25) is 0 Å². The van der Waals surface area contributed by atoms with Crippen LogP contribution in [0.1, 0.15) is 17.0 Å². The van der Waals surface area contributed by atoms with Crippen LogP contribution in [0.5, 0.6) is 0 Å². The molecule has 1 atom stereocenters. The zero-order chi connectivity index (χ0) is 19.2. The Labute approximate surface area is 146 Å². The number of ether oxygens (including phenoxy) is 1. The standard InChI is InChI=1S/C17H15F3N2O4/c18-17(19,20)14-8-4-7-12(21-14)9-13(15(23)24)22-16(25)26-10-11-5-2-1-3-6-11/h1-8,13H,9-10H2,(H,22,25)(H,23,24). The van der Waals surface area contributed by atoms with E-state index in [4.69, 9.17) is 4.74 Å². The molecule has 0 aliphatic heterocycles. The van der Waals surface area contributed by atoms with E-state index in [9.17, 15) is 27.9 Å². The van der Waals surface area contributed by atoms with Gasteiger partial charge < -0.3 is 15.2 Å². The van der Waals surface area contributed by atoms with Crippen molar-refractivity contribution in [3.8, 4) is 0 Å². The predicted molar refractivity (Wildman–Crippen MR) is 84.1 cm³/mol. The summed E-state index contributed by atoms with van der Waals surface area (Å²) in [5.74, 6) is -1.42. The first kappa shape index (κ1) is 19.2. The summed E-state index contributed by atoms with van der Waals surface area (Å²) in [6.45, 7) is -0.0686. The first-order chi connectivity index (χ1) is 12.3. The molecule has 9 heteroatoms. The van der Waals surface area contributed by atoms with E-state index in [1.807, 2.05) is 0 Å². The summed E-state index contributed by atoms with van der Waals surface area (Å²) in [5, 5.41) is 11.3. The van der Waals surface area contributed by atoms with Gasteiger partial charge in [-0.25, -0.2) is 14.6 Å². The minimum atomic E-state index is -4.64. The van der Waals surface area contributed by atoms with Crippen LogP contribution in [0, 0.1) is 0 Å². The molecule has 1 unspecified atom stereocenters. The summed E-state index contributed by atoms with van der Waals surface area (Å²) in [5.41, 5.74) is -0.546. The second-order valence-corrected chi connectivity index (χ2v) is 5.31. The normalized spacial score (nSPS) is 12.3. The summed E-state index contributed by atoms with van der Waals surface area (Å²) < 4.78 is 42.9. The lowest BCUT2D eigenvalue weighted by Gasteiger charge is -2.15. The van der Waals surface area contributed by atoms with Crippen molar-refractivity contribution in [2.45, 2.75) is 25.2 Å². The van der Waals surface area contributed by atoms with Crippen molar-refractivity contribution in [2.75, 3.05) is 0 Å². The zero-order valence-corrected chi connectivity index (χ0v) is 13.4. The van der Waals surface area contributed by atoms with E-state index in [1.165, 1.54) is 6.07 Å². The van der Waals surface area contributed by atoms with Crippen LogP contribution >= 0.6 is 0 Å². The first-order valence-corrected chi connectivity index (χ1v) is 7.49. The number of benzene rings is 1. The van der Waals surface area contributed by atoms with Crippen molar-refractivity contribution in [2.24, 2.45) is 0 Å². The van der Waals surface area contributed by atoms with Gasteiger partial charge in [-0.1, -0.05) is 36.4 Å². The number of nitrogens with zero attached hydrogens (tertiary/aromatic N) is 1. The molecule has 0 aliphatic rings. The molecule has 1 amide bonds. The Kier molecular flexibility index (Phi) is 6.16. The number of pyridine rings is 1. The van der Waals surface area contributed by atoms with Gasteiger partial charge >= 0.3 is 18.2 Å². The first-order valence-electron chi connectivity index (χ1n) is 7.49. The Morgan fingerprint density at radius 1 is 1.12 bits per heavy atom. The van der Waals surface area contributed by atoms with Crippen molar-refractivity contribution in [3.05, 3.63) is 65.5 Å². The van der Waals surface area contributed by atoms with Gasteiger partial charge in [-0.2, -0.15) is 13.2 Å². The second-order valence-electron chi connectivity index (χ2n) is 5.31. The van der Waals surface area contributed by atoms with E-state index in [1.54, 1.807) is 30.3 Å². The summed E-state index contributed by atoms with van der Waals surface area (Å²) in [6, 6.07) is 10.4. The number of amides is 1. The van der Waals surface area contributed by atoms with E-state index >= 15 is 0 Å². The van der Waals surface area contributed by atoms with Crippen LogP contribution in [0.15, 0.2) is 48.5 Å². The number of halogens is 3. The monoisotopic (exact) mass is 368 g/mol. The third-order valence-corrected chi connectivity index (χ3v) is 3.31. The van der Waals surface area contributed by atoms with Gasteiger partial charge in [-0.15, -0.1) is 0 Å². The molecule has 0 saturated carbocycles. The number of hydrogen-bond acceptors (Lipinski definition) is 4. The van der Waals surface area contributed by atoms with Gasteiger partial charge in [0.1, 0.15) is 18.3 Å². The molecule has 2 N–H and O–H groups in total. The highest BCUT2D eigenvalue weighted by molar-refractivity contribution is 5.80. The van der Waals surface area contributed by atoms with Crippen molar-refractivity contribution in [3.63, 3.8) is 0 Å². The summed E-state index contributed by atoms with van der Waals surface area (Å²) in [6.07, 6.45) is -6.05. The SMILES string of the molecule is O=C(NC(Cc1cccc(C(F)(F)F)n1)C(=O)O)OCc1ccccc1. The van der Waals surface area contributed by atoms with Gasteiger partial charge in [0.05, 0.1) is 0 Å². The number of carboxylic acids is 1. The lowest BCUT2D eigenvalue weighted by atomic mass is 10.1. The molecule has 138 valence electrons. The number of aromatic nitrogens is 1. The summed E-state index contributed by atoms with van der Waals surface area (Å²) in [7, 11) is 0. The summed E-state index contributed by atoms with van der Waals surface area (Å²) in [4.78, 5) is 26.4. The minimum Gasteiger partial charge on any atom is -0.480 e. The van der Waals surface area contributed by atoms with Crippen LogP contribution in [0.2, 0.25) is 0 Å². The molecule has 2 aromatic rings. The van der Waals surface area contributed by atoms with Crippen LogP contribution < -0.4 is 5.32 Å². The van der Waals surface area contributed by atoms with Gasteiger partial charge in [-0.3, -0.25) is 0 Å². The zero-order valence-electron chi connectivity index (χ0n) is 13.4. The number of nitrogens with one attached hydrogen (secondary N) is 1. The fourth-order valence-corrected chi connectivity index (χ4v) is 2.07. The van der Waals surface area contributed by atoms with Gasteiger partial charge in [0, 0.05) is 12.1 Å². The van der Waals surface area contributed by atoms with Crippen LogP contribution in [0.25, 0.3) is 0 Å². The highest BCUT2D eigenvalue weighted by Gasteiger charge is 2.33. The average molecular weight is 368 g/mol. The quantitative estimate of drug-likeness (QED) is 0.818. The molecule has 0 fully saturated rings. The second kappa shape index (κ2) is 8.32. The van der Waals surface area contributed by atoms with Crippen LogP contribution in [-0.2, 0) is 28.7 Å². The third-order valence-electron chi connectivity index (χ3n) is 3.31. The Bertz CT molecular complexity index is 766. The lowest BCUT2D eigenvalue weighted by Crippen LogP contribution is -2.42. The maximum Gasteiger partial charge on any atom is 0.433 e. The third kappa shape index (κ3) is 5.76. The van der Waals surface area contributed by atoms with E-state index < -0.39 is 36.4 Å². The molecule has 1 aromatic heterocycles. The Hall–Kier alpha value is -3.10. The van der Waals surface area contributed by atoms with Crippen LogP contribution in [0.3, 0.4) is 0 Å². The smallest absolute Gasteiger partial charge is 0.433 e. The molecule has 0 aliphatic carbocycles. The minimum absolute atomic E-state index is 0.0686. The van der Waals surface area contributed by atoms with Crippen LogP contribution in [0.4, 0.5) is 18.0 Å². The number of alkyl carbamates (subject to hydrolysis) is 1. The number of carbonyl (C=O) groups excluding carboxylic acids is 1. The molecule has 26 heavy (non-hydrogen) atoms. The average Bonchev–Trinajstić information content (AvgIpc) is 2.60. The molecular formula is C17H15F3N2O4. The fourth-order valence-electron chi connectivity index (χ4n) is 2.07. The van der Waals surface area contributed by atoms with Gasteiger partial charge in [0.25, 0.3) is 0 Å². The van der Waals surface area contributed by atoms with Gasteiger partial charge in [0.15, 0.2) is 0 Å².